The van der Waals surface area contributed by atoms with Crippen molar-refractivity contribution in [3.63, 3.8) is 0 Å². The summed E-state index contributed by atoms with van der Waals surface area (Å²) < 4.78 is 47.0. The maximum Gasteiger partial charge on any atom is 0.387 e. The van der Waals surface area contributed by atoms with Crippen molar-refractivity contribution in [1.82, 2.24) is 0 Å². The van der Waals surface area contributed by atoms with Gasteiger partial charge in [-0.15, -0.1) is 12.4 Å². The zero-order valence-corrected chi connectivity index (χ0v) is 13.0. The number of ether oxygens (including phenoxy) is 2. The second-order valence-electron chi connectivity index (χ2n) is 5.07. The molecule has 1 amide bonds. The molecule has 0 unspecified atom stereocenters. The number of hydrogen-bond donors (Lipinski definition) is 2. The number of hydrogen-bond acceptors (Lipinski definition) is 4. The molecule has 0 spiro atoms. The zero-order chi connectivity index (χ0) is 16.2. The van der Waals surface area contributed by atoms with Gasteiger partial charge in [-0.05, 0) is 25.0 Å². The largest absolute Gasteiger partial charge is 0.432 e. The predicted octanol–water partition coefficient (Wildman–Crippen LogP) is 2.54. The second kappa shape index (κ2) is 8.37. The van der Waals surface area contributed by atoms with Crippen LogP contribution in [-0.4, -0.2) is 32.3 Å². The van der Waals surface area contributed by atoms with Crippen LogP contribution in [0.25, 0.3) is 0 Å². The average Bonchev–Trinajstić information content (AvgIpc) is 2.50. The molecule has 3 N–H and O–H groups in total. The van der Waals surface area contributed by atoms with E-state index in [0.29, 0.717) is 26.1 Å². The van der Waals surface area contributed by atoms with E-state index >= 15 is 0 Å². The highest BCUT2D eigenvalue weighted by Crippen LogP contribution is 2.31. The molecule has 0 saturated carbocycles. The number of nitrogens with two attached hydrogens (primary N) is 1. The molecule has 1 aromatic carbocycles. The summed E-state index contributed by atoms with van der Waals surface area (Å²) in [6.45, 7) is -2.10. The number of amides is 1. The first-order valence-corrected chi connectivity index (χ1v) is 6.80. The molecule has 1 aromatic rings. The Labute approximate surface area is 137 Å². The molecule has 0 radical (unpaired) electrons. The Hall–Kier alpha value is -1.51. The fourth-order valence-electron chi connectivity index (χ4n) is 2.32. The maximum absolute atomic E-state index is 13.6. The molecule has 9 heteroatoms. The summed E-state index contributed by atoms with van der Waals surface area (Å²) in [5.74, 6) is -1.89. The highest BCUT2D eigenvalue weighted by Gasteiger charge is 2.38. The van der Waals surface area contributed by atoms with E-state index in [1.807, 2.05) is 0 Å². The lowest BCUT2D eigenvalue weighted by Gasteiger charge is -2.34. The Balaban J connectivity index is 0.00000264. The highest BCUT2D eigenvalue weighted by molar-refractivity contribution is 5.95. The quantitative estimate of drug-likeness (QED) is 0.852. The lowest BCUT2D eigenvalue weighted by atomic mass is 9.79. The summed E-state index contributed by atoms with van der Waals surface area (Å²) in [6, 6.07) is 3.26. The van der Waals surface area contributed by atoms with Crippen molar-refractivity contribution in [3.05, 3.63) is 24.0 Å². The van der Waals surface area contributed by atoms with E-state index in [9.17, 15) is 18.0 Å². The number of anilines is 1. The molecule has 2 rings (SSSR count). The number of carbonyl (C=O) groups is 1. The summed E-state index contributed by atoms with van der Waals surface area (Å²) in [4.78, 5) is 12.4. The number of halogens is 4. The Morgan fingerprint density at radius 2 is 2.04 bits per heavy atom. The third-order valence-corrected chi connectivity index (χ3v) is 3.73. The molecule has 1 heterocycles. The summed E-state index contributed by atoms with van der Waals surface area (Å²) in [5.41, 5.74) is 5.11. The van der Waals surface area contributed by atoms with Gasteiger partial charge in [0.05, 0.1) is 5.41 Å². The van der Waals surface area contributed by atoms with E-state index < -0.39 is 23.6 Å². The molecule has 0 aromatic heterocycles. The van der Waals surface area contributed by atoms with Crippen molar-refractivity contribution in [1.29, 1.82) is 0 Å². The molecule has 1 saturated heterocycles. The van der Waals surface area contributed by atoms with E-state index in [2.05, 4.69) is 10.1 Å². The lowest BCUT2D eigenvalue weighted by Crippen LogP contribution is -2.46. The van der Waals surface area contributed by atoms with Crippen LogP contribution in [0.4, 0.5) is 18.9 Å². The highest BCUT2D eigenvalue weighted by atomic mass is 35.5. The van der Waals surface area contributed by atoms with Gasteiger partial charge in [-0.3, -0.25) is 4.79 Å². The van der Waals surface area contributed by atoms with Crippen molar-refractivity contribution >= 4 is 24.0 Å². The summed E-state index contributed by atoms with van der Waals surface area (Å²) in [7, 11) is 0. The Morgan fingerprint density at radius 1 is 1.39 bits per heavy atom. The van der Waals surface area contributed by atoms with Crippen LogP contribution < -0.4 is 15.8 Å². The Morgan fingerprint density at radius 3 is 2.57 bits per heavy atom. The zero-order valence-electron chi connectivity index (χ0n) is 12.2. The first-order chi connectivity index (χ1) is 10.5. The third kappa shape index (κ3) is 4.73. The van der Waals surface area contributed by atoms with E-state index in [4.69, 9.17) is 10.5 Å². The number of nitrogens with one attached hydrogen (secondary N) is 1. The van der Waals surface area contributed by atoms with Crippen molar-refractivity contribution in [2.75, 3.05) is 25.1 Å². The van der Waals surface area contributed by atoms with Crippen LogP contribution in [-0.2, 0) is 9.53 Å². The van der Waals surface area contributed by atoms with Gasteiger partial charge in [0, 0.05) is 31.5 Å². The number of carbonyl (C=O) groups excluding carboxylic acids is 1. The first-order valence-electron chi connectivity index (χ1n) is 6.80. The molecule has 5 nitrogen and oxygen atoms in total. The molecule has 130 valence electrons. The smallest absolute Gasteiger partial charge is 0.387 e. The van der Waals surface area contributed by atoms with Gasteiger partial charge < -0.3 is 20.5 Å². The van der Waals surface area contributed by atoms with Crippen molar-refractivity contribution in [3.8, 4) is 5.75 Å². The molecule has 1 fully saturated rings. The minimum atomic E-state index is -3.11. The van der Waals surface area contributed by atoms with Gasteiger partial charge >= 0.3 is 6.61 Å². The monoisotopic (exact) mass is 354 g/mol. The van der Waals surface area contributed by atoms with Crippen LogP contribution in [0.5, 0.6) is 5.75 Å². The van der Waals surface area contributed by atoms with Crippen LogP contribution in [0.1, 0.15) is 12.8 Å². The number of alkyl halides is 2. The van der Waals surface area contributed by atoms with E-state index in [1.54, 1.807) is 0 Å². The summed E-state index contributed by atoms with van der Waals surface area (Å²) >= 11 is 0. The SMILES string of the molecule is Cl.NCC1(C(=O)Nc2ccc(OC(F)F)c(F)c2)CCOCC1. The van der Waals surface area contributed by atoms with Crippen LogP contribution in [0, 0.1) is 11.2 Å². The van der Waals surface area contributed by atoms with Gasteiger partial charge in [0.2, 0.25) is 5.91 Å². The Bertz CT molecular complexity index is 540. The molecule has 1 aliphatic heterocycles. The fourth-order valence-corrected chi connectivity index (χ4v) is 2.32. The number of rotatable bonds is 5. The fraction of sp³-hybridized carbons (Fsp3) is 0.500. The van der Waals surface area contributed by atoms with E-state index in [0.717, 1.165) is 12.1 Å². The van der Waals surface area contributed by atoms with Gasteiger partial charge in [-0.2, -0.15) is 8.78 Å². The van der Waals surface area contributed by atoms with Crippen LogP contribution >= 0.6 is 12.4 Å². The van der Waals surface area contributed by atoms with Gasteiger partial charge in [-0.1, -0.05) is 0 Å². The molecular weight excluding hydrogens is 337 g/mol. The lowest BCUT2D eigenvalue weighted by molar-refractivity contribution is -0.130. The number of benzene rings is 1. The average molecular weight is 355 g/mol. The van der Waals surface area contributed by atoms with Crippen molar-refractivity contribution < 1.29 is 27.4 Å². The molecular formula is C14H18ClF3N2O3. The molecule has 0 bridgehead atoms. The van der Waals surface area contributed by atoms with Crippen molar-refractivity contribution in [2.45, 2.75) is 19.5 Å². The van der Waals surface area contributed by atoms with Gasteiger partial charge in [0.15, 0.2) is 11.6 Å². The summed E-state index contributed by atoms with van der Waals surface area (Å²) in [5, 5.41) is 2.57. The van der Waals surface area contributed by atoms with Gasteiger partial charge in [0.1, 0.15) is 0 Å². The van der Waals surface area contributed by atoms with Crippen LogP contribution in [0.15, 0.2) is 18.2 Å². The standard InChI is InChI=1S/C14H17F3N2O3.ClH/c15-10-7-9(1-2-11(10)22-13(16)17)19-12(20)14(8-18)3-5-21-6-4-14;/h1-2,7,13H,3-6,8,18H2,(H,19,20);1H. The normalized spacial score (nSPS) is 16.6. The van der Waals surface area contributed by atoms with Crippen molar-refractivity contribution in [2.24, 2.45) is 11.1 Å². The minimum absolute atomic E-state index is 0. The topological polar surface area (TPSA) is 73.6 Å². The minimum Gasteiger partial charge on any atom is -0.432 e. The second-order valence-corrected chi connectivity index (χ2v) is 5.07. The first kappa shape index (κ1) is 19.5. The molecule has 0 aliphatic carbocycles. The molecule has 1 aliphatic rings. The van der Waals surface area contributed by atoms with E-state index in [-0.39, 0.29) is 30.5 Å². The van der Waals surface area contributed by atoms with Crippen LogP contribution in [0.3, 0.4) is 0 Å². The third-order valence-electron chi connectivity index (χ3n) is 3.73. The maximum atomic E-state index is 13.6. The van der Waals surface area contributed by atoms with Gasteiger partial charge in [-0.25, -0.2) is 4.39 Å². The molecule has 23 heavy (non-hydrogen) atoms. The van der Waals surface area contributed by atoms with Crippen LogP contribution in [0.2, 0.25) is 0 Å². The Kier molecular flexibility index (Phi) is 7.11. The van der Waals surface area contributed by atoms with E-state index in [1.165, 1.54) is 6.07 Å². The molecule has 0 atom stereocenters. The predicted molar refractivity (Wildman–Crippen MR) is 80.5 cm³/mol. The van der Waals surface area contributed by atoms with Gasteiger partial charge in [0.25, 0.3) is 0 Å². The summed E-state index contributed by atoms with van der Waals surface area (Å²) in [6.07, 6.45) is 0.953.